The normalized spacial score (nSPS) is 14.1. The second kappa shape index (κ2) is 6.58. The van der Waals surface area contributed by atoms with Gasteiger partial charge in [-0.1, -0.05) is 6.07 Å². The standard InChI is InChI=1S/C18H21N3O4/c1-10(2)21-11(3)14(9-19-21)17(22)20-16(18(23)24)13-4-5-15-12(8-13)6-7-25-15/h4-5,8-10,16H,6-7H2,1-3H3,(H,20,22)(H,23,24)/t16-/m0/s1. The van der Waals surface area contributed by atoms with E-state index in [0.29, 0.717) is 23.4 Å². The zero-order valence-electron chi connectivity index (χ0n) is 14.4. The van der Waals surface area contributed by atoms with E-state index < -0.39 is 17.9 Å². The molecule has 0 spiro atoms. The molecular weight excluding hydrogens is 322 g/mol. The third-order valence-electron chi connectivity index (χ3n) is 4.35. The van der Waals surface area contributed by atoms with Gasteiger partial charge in [-0.15, -0.1) is 0 Å². The molecule has 7 nitrogen and oxygen atoms in total. The van der Waals surface area contributed by atoms with Crippen molar-refractivity contribution in [2.45, 2.75) is 39.3 Å². The van der Waals surface area contributed by atoms with Crippen molar-refractivity contribution in [3.8, 4) is 5.75 Å². The van der Waals surface area contributed by atoms with E-state index in [1.807, 2.05) is 13.8 Å². The minimum Gasteiger partial charge on any atom is -0.493 e. The van der Waals surface area contributed by atoms with E-state index >= 15 is 0 Å². The number of carbonyl (C=O) groups is 2. The van der Waals surface area contributed by atoms with Crippen LogP contribution in [0.5, 0.6) is 5.75 Å². The van der Waals surface area contributed by atoms with Crippen LogP contribution in [0, 0.1) is 6.92 Å². The Bertz CT molecular complexity index is 826. The molecule has 0 unspecified atom stereocenters. The number of ether oxygens (including phenoxy) is 1. The van der Waals surface area contributed by atoms with Crippen molar-refractivity contribution >= 4 is 11.9 Å². The number of nitrogens with zero attached hydrogens (tertiary/aromatic N) is 2. The molecule has 0 aliphatic carbocycles. The van der Waals surface area contributed by atoms with Gasteiger partial charge in [-0.05, 0) is 44.0 Å². The Morgan fingerprint density at radius 2 is 2.12 bits per heavy atom. The third kappa shape index (κ3) is 3.22. The number of aromatic nitrogens is 2. The Morgan fingerprint density at radius 3 is 2.76 bits per heavy atom. The van der Waals surface area contributed by atoms with Crippen molar-refractivity contribution in [1.29, 1.82) is 0 Å². The average Bonchev–Trinajstić information content (AvgIpc) is 3.17. The van der Waals surface area contributed by atoms with E-state index in [2.05, 4.69) is 10.4 Å². The first-order valence-electron chi connectivity index (χ1n) is 8.22. The first-order valence-corrected chi connectivity index (χ1v) is 8.22. The number of hydrogen-bond donors (Lipinski definition) is 2. The van der Waals surface area contributed by atoms with Crippen LogP contribution in [0.1, 0.15) is 53.1 Å². The van der Waals surface area contributed by atoms with Gasteiger partial charge in [0.25, 0.3) is 5.91 Å². The maximum absolute atomic E-state index is 12.6. The van der Waals surface area contributed by atoms with Crippen LogP contribution >= 0.6 is 0 Å². The number of carbonyl (C=O) groups excluding carboxylic acids is 1. The van der Waals surface area contributed by atoms with E-state index in [9.17, 15) is 14.7 Å². The van der Waals surface area contributed by atoms with Crippen LogP contribution in [0.15, 0.2) is 24.4 Å². The highest BCUT2D eigenvalue weighted by Gasteiger charge is 2.26. The first kappa shape index (κ1) is 17.0. The lowest BCUT2D eigenvalue weighted by Crippen LogP contribution is -2.34. The fourth-order valence-electron chi connectivity index (χ4n) is 3.05. The van der Waals surface area contributed by atoms with E-state index in [1.54, 1.807) is 29.8 Å². The molecule has 3 rings (SSSR count). The molecule has 1 amide bonds. The second-order valence-electron chi connectivity index (χ2n) is 6.39. The van der Waals surface area contributed by atoms with Gasteiger partial charge in [0.2, 0.25) is 0 Å². The molecule has 1 aromatic heterocycles. The summed E-state index contributed by atoms with van der Waals surface area (Å²) in [5, 5.41) is 16.4. The first-order chi connectivity index (χ1) is 11.9. The molecule has 0 saturated heterocycles. The molecule has 0 fully saturated rings. The second-order valence-corrected chi connectivity index (χ2v) is 6.39. The molecule has 1 aliphatic rings. The summed E-state index contributed by atoms with van der Waals surface area (Å²) in [6.07, 6.45) is 2.21. The molecule has 25 heavy (non-hydrogen) atoms. The van der Waals surface area contributed by atoms with Crippen molar-refractivity contribution in [2.24, 2.45) is 0 Å². The summed E-state index contributed by atoms with van der Waals surface area (Å²) >= 11 is 0. The number of nitrogens with one attached hydrogen (secondary N) is 1. The largest absolute Gasteiger partial charge is 0.493 e. The summed E-state index contributed by atoms with van der Waals surface area (Å²) < 4.78 is 7.17. The number of carboxylic acids is 1. The SMILES string of the molecule is Cc1c(C(=O)N[C@H](C(=O)O)c2ccc3c(c2)CCO3)cnn1C(C)C. The summed E-state index contributed by atoms with van der Waals surface area (Å²) in [5.41, 5.74) is 2.57. The molecule has 132 valence electrons. The predicted octanol–water partition coefficient (Wildman–Crippen LogP) is 2.26. The predicted molar refractivity (Wildman–Crippen MR) is 90.8 cm³/mol. The lowest BCUT2D eigenvalue weighted by molar-refractivity contribution is -0.139. The highest BCUT2D eigenvalue weighted by atomic mass is 16.5. The van der Waals surface area contributed by atoms with Crippen LogP contribution in [0.3, 0.4) is 0 Å². The number of benzene rings is 1. The van der Waals surface area contributed by atoms with Gasteiger partial charge < -0.3 is 15.2 Å². The van der Waals surface area contributed by atoms with Crippen molar-refractivity contribution in [1.82, 2.24) is 15.1 Å². The van der Waals surface area contributed by atoms with E-state index in [4.69, 9.17) is 4.74 Å². The molecule has 2 N–H and O–H groups in total. The van der Waals surface area contributed by atoms with Crippen molar-refractivity contribution in [3.63, 3.8) is 0 Å². The summed E-state index contributed by atoms with van der Waals surface area (Å²) in [6.45, 7) is 6.32. The summed E-state index contributed by atoms with van der Waals surface area (Å²) in [7, 11) is 0. The molecular formula is C18H21N3O4. The number of hydrogen-bond acceptors (Lipinski definition) is 4. The Kier molecular flexibility index (Phi) is 4.48. The van der Waals surface area contributed by atoms with Gasteiger partial charge in [-0.2, -0.15) is 5.10 Å². The van der Waals surface area contributed by atoms with Gasteiger partial charge in [-0.3, -0.25) is 9.48 Å². The average molecular weight is 343 g/mol. The molecule has 0 saturated carbocycles. The quantitative estimate of drug-likeness (QED) is 0.868. The summed E-state index contributed by atoms with van der Waals surface area (Å²) in [4.78, 5) is 24.3. The Hall–Kier alpha value is -2.83. The van der Waals surface area contributed by atoms with E-state index in [-0.39, 0.29) is 6.04 Å². The molecule has 1 aromatic carbocycles. The van der Waals surface area contributed by atoms with Crippen molar-refractivity contribution in [2.75, 3.05) is 6.61 Å². The van der Waals surface area contributed by atoms with Crippen LogP contribution < -0.4 is 10.1 Å². The lowest BCUT2D eigenvalue weighted by atomic mass is 10.0. The number of fused-ring (bicyclic) bond motifs is 1. The van der Waals surface area contributed by atoms with Crippen LogP contribution in [0.25, 0.3) is 0 Å². The van der Waals surface area contributed by atoms with Gasteiger partial charge in [-0.25, -0.2) is 4.79 Å². The fraction of sp³-hybridized carbons (Fsp3) is 0.389. The zero-order chi connectivity index (χ0) is 18.1. The molecule has 2 aromatic rings. The van der Waals surface area contributed by atoms with E-state index in [0.717, 1.165) is 17.7 Å². The molecule has 1 atom stereocenters. The van der Waals surface area contributed by atoms with Gasteiger partial charge >= 0.3 is 5.97 Å². The van der Waals surface area contributed by atoms with Gasteiger partial charge in [0.1, 0.15) is 5.75 Å². The zero-order valence-corrected chi connectivity index (χ0v) is 14.4. The molecule has 0 radical (unpaired) electrons. The maximum Gasteiger partial charge on any atom is 0.330 e. The smallest absolute Gasteiger partial charge is 0.330 e. The topological polar surface area (TPSA) is 93.5 Å². The van der Waals surface area contributed by atoms with Crippen LogP contribution in [-0.2, 0) is 11.2 Å². The highest BCUT2D eigenvalue weighted by molar-refractivity contribution is 5.97. The Balaban J connectivity index is 1.85. The monoisotopic (exact) mass is 343 g/mol. The van der Waals surface area contributed by atoms with Crippen LogP contribution in [-0.4, -0.2) is 33.4 Å². The number of rotatable bonds is 5. The number of carboxylic acid groups (broad SMARTS) is 1. The number of amides is 1. The minimum absolute atomic E-state index is 0.119. The van der Waals surface area contributed by atoms with E-state index in [1.165, 1.54) is 6.20 Å². The van der Waals surface area contributed by atoms with Crippen LogP contribution in [0.2, 0.25) is 0 Å². The molecule has 0 bridgehead atoms. The Labute approximate surface area is 145 Å². The summed E-state index contributed by atoms with van der Waals surface area (Å²) in [6, 6.07) is 4.20. The third-order valence-corrected chi connectivity index (χ3v) is 4.35. The highest BCUT2D eigenvalue weighted by Crippen LogP contribution is 2.28. The maximum atomic E-state index is 12.6. The van der Waals surface area contributed by atoms with Gasteiger partial charge in [0, 0.05) is 18.2 Å². The Morgan fingerprint density at radius 1 is 1.36 bits per heavy atom. The molecule has 1 aliphatic heterocycles. The summed E-state index contributed by atoms with van der Waals surface area (Å²) in [5.74, 6) is -0.789. The van der Waals surface area contributed by atoms with Gasteiger partial charge in [0.05, 0.1) is 18.4 Å². The minimum atomic E-state index is -1.12. The molecule has 7 heteroatoms. The fourth-order valence-corrected chi connectivity index (χ4v) is 3.05. The lowest BCUT2D eigenvalue weighted by Gasteiger charge is -2.16. The van der Waals surface area contributed by atoms with Crippen LogP contribution in [0.4, 0.5) is 0 Å². The van der Waals surface area contributed by atoms with Crippen molar-refractivity contribution < 1.29 is 19.4 Å². The van der Waals surface area contributed by atoms with Gasteiger partial charge in [0.15, 0.2) is 6.04 Å². The number of aliphatic carboxylic acids is 1. The van der Waals surface area contributed by atoms with Crippen molar-refractivity contribution in [3.05, 3.63) is 46.8 Å². The molecule has 2 heterocycles.